The number of hydrogen-bond acceptors (Lipinski definition) is 7. The normalized spacial score (nSPS) is 14.5. The monoisotopic (exact) mass is 404 g/mol. The van der Waals surface area contributed by atoms with Crippen molar-refractivity contribution in [2.75, 3.05) is 0 Å². The molecular weight excluding hydrogens is 376 g/mol. The first-order chi connectivity index (χ1) is 13.7. The summed E-state index contributed by atoms with van der Waals surface area (Å²) in [6.07, 6.45) is -1.43. The van der Waals surface area contributed by atoms with Crippen LogP contribution in [0.25, 0.3) is 11.4 Å². The van der Waals surface area contributed by atoms with Gasteiger partial charge in [0, 0.05) is 5.56 Å². The van der Waals surface area contributed by atoms with Gasteiger partial charge in [-0.05, 0) is 18.3 Å². The largest absolute Gasteiger partial charge is 0.382 e. The number of hydroxylamine groups is 1. The lowest BCUT2D eigenvalue weighted by molar-refractivity contribution is -0.147. The molecule has 9 heteroatoms. The molecule has 2 aromatic rings. The van der Waals surface area contributed by atoms with Crippen molar-refractivity contribution in [3.8, 4) is 11.4 Å². The molecule has 158 valence electrons. The molecule has 0 unspecified atom stereocenters. The summed E-state index contributed by atoms with van der Waals surface area (Å²) < 4.78 is 5.38. The highest BCUT2D eigenvalue weighted by Gasteiger charge is 2.35. The fraction of sp³-hybridized carbons (Fsp3) is 0.500. The van der Waals surface area contributed by atoms with Crippen LogP contribution in [0.3, 0.4) is 0 Å². The summed E-state index contributed by atoms with van der Waals surface area (Å²) in [5.41, 5.74) is 2.17. The number of benzene rings is 1. The molecule has 0 aliphatic carbocycles. The van der Waals surface area contributed by atoms with Gasteiger partial charge in [-0.25, -0.2) is 5.48 Å². The summed E-state index contributed by atoms with van der Waals surface area (Å²) in [5, 5.41) is 25.8. The van der Waals surface area contributed by atoms with E-state index in [9.17, 15) is 14.7 Å². The highest BCUT2D eigenvalue weighted by atomic mass is 16.5. The van der Waals surface area contributed by atoms with Crippen LogP contribution < -0.4 is 10.8 Å². The van der Waals surface area contributed by atoms with E-state index in [1.54, 1.807) is 0 Å². The van der Waals surface area contributed by atoms with Gasteiger partial charge in [0.25, 0.3) is 5.91 Å². The number of carbonyl (C=O) groups is 2. The van der Waals surface area contributed by atoms with Crippen molar-refractivity contribution < 1.29 is 24.4 Å². The highest BCUT2D eigenvalue weighted by molar-refractivity contribution is 5.88. The Kier molecular flexibility index (Phi) is 7.86. The first-order valence-corrected chi connectivity index (χ1v) is 9.56. The number of carbonyl (C=O) groups excluding carboxylic acids is 2. The second kappa shape index (κ2) is 10.1. The molecule has 4 N–H and O–H groups in total. The summed E-state index contributed by atoms with van der Waals surface area (Å²) in [5.74, 6) is -2.02. The van der Waals surface area contributed by atoms with E-state index in [0.717, 1.165) is 5.56 Å². The van der Waals surface area contributed by atoms with Crippen LogP contribution in [-0.2, 0) is 9.59 Å². The molecule has 9 nitrogen and oxygen atoms in total. The molecule has 29 heavy (non-hydrogen) atoms. The lowest BCUT2D eigenvalue weighted by Crippen LogP contribution is -2.47. The zero-order valence-corrected chi connectivity index (χ0v) is 17.0. The van der Waals surface area contributed by atoms with Crippen LogP contribution in [-0.4, -0.2) is 38.4 Å². The van der Waals surface area contributed by atoms with Crippen molar-refractivity contribution in [1.29, 1.82) is 0 Å². The number of hydrogen-bond donors (Lipinski definition) is 4. The van der Waals surface area contributed by atoms with Crippen molar-refractivity contribution in [1.82, 2.24) is 20.9 Å². The lowest BCUT2D eigenvalue weighted by Gasteiger charge is -2.26. The molecule has 2 amide bonds. The van der Waals surface area contributed by atoms with Crippen molar-refractivity contribution >= 4 is 11.8 Å². The molecule has 0 bridgehead atoms. The van der Waals surface area contributed by atoms with E-state index in [2.05, 4.69) is 15.5 Å². The second-order valence-electron chi connectivity index (χ2n) is 7.71. The Morgan fingerprint density at radius 3 is 2.31 bits per heavy atom. The van der Waals surface area contributed by atoms with Gasteiger partial charge in [0.15, 0.2) is 0 Å². The van der Waals surface area contributed by atoms with Crippen molar-refractivity contribution in [2.24, 2.45) is 17.8 Å². The molecule has 0 aliphatic heterocycles. The Bertz CT molecular complexity index is 806. The second-order valence-corrected chi connectivity index (χ2v) is 7.71. The average molecular weight is 404 g/mol. The zero-order valence-electron chi connectivity index (χ0n) is 17.0. The van der Waals surface area contributed by atoms with Gasteiger partial charge in [0.1, 0.15) is 12.1 Å². The minimum atomic E-state index is -1.68. The first-order valence-electron chi connectivity index (χ1n) is 9.56. The maximum absolute atomic E-state index is 12.9. The van der Waals surface area contributed by atoms with Crippen LogP contribution in [0.4, 0.5) is 0 Å². The zero-order chi connectivity index (χ0) is 21.6. The van der Waals surface area contributed by atoms with E-state index < -0.39 is 29.9 Å². The van der Waals surface area contributed by atoms with E-state index in [0.29, 0.717) is 5.82 Å². The molecule has 0 aliphatic rings. The Morgan fingerprint density at radius 2 is 1.76 bits per heavy atom. The topological polar surface area (TPSA) is 138 Å². The fourth-order valence-corrected chi connectivity index (χ4v) is 2.98. The molecule has 0 saturated carbocycles. The number of nitrogens with one attached hydrogen (secondary N) is 2. The maximum Gasteiger partial charge on any atom is 0.272 e. The molecule has 3 atom stereocenters. The van der Waals surface area contributed by atoms with Gasteiger partial charge in [-0.3, -0.25) is 14.8 Å². The third-order valence-corrected chi connectivity index (χ3v) is 4.53. The van der Waals surface area contributed by atoms with Gasteiger partial charge in [-0.1, -0.05) is 63.2 Å². The van der Waals surface area contributed by atoms with Gasteiger partial charge in [0.05, 0.1) is 5.92 Å². The van der Waals surface area contributed by atoms with Gasteiger partial charge in [-0.15, -0.1) is 0 Å². The molecule has 2 rings (SSSR count). The number of aliphatic hydroxyl groups excluding tert-OH is 1. The van der Waals surface area contributed by atoms with Crippen LogP contribution in [0.2, 0.25) is 0 Å². The van der Waals surface area contributed by atoms with Crippen molar-refractivity contribution in [2.45, 2.75) is 46.3 Å². The molecule has 0 spiro atoms. The van der Waals surface area contributed by atoms with Crippen molar-refractivity contribution in [3.63, 3.8) is 0 Å². The van der Waals surface area contributed by atoms with Crippen LogP contribution in [0, 0.1) is 17.8 Å². The summed E-state index contributed by atoms with van der Waals surface area (Å²) in [4.78, 5) is 28.9. The summed E-state index contributed by atoms with van der Waals surface area (Å²) in [7, 11) is 0. The predicted molar refractivity (Wildman–Crippen MR) is 104 cm³/mol. The summed E-state index contributed by atoms with van der Waals surface area (Å²) in [6.45, 7) is 7.50. The number of nitrogens with zero attached hydrogens (tertiary/aromatic N) is 2. The van der Waals surface area contributed by atoms with Crippen molar-refractivity contribution in [3.05, 3.63) is 36.2 Å². The number of aliphatic hydroxyl groups is 1. The van der Waals surface area contributed by atoms with Crippen LogP contribution in [0.5, 0.6) is 0 Å². The third-order valence-electron chi connectivity index (χ3n) is 4.53. The SMILES string of the molecule is CC(C)C[C@@H](C(=O)N[C@H](c1nc(-c2ccccc2)no1)C(C)C)[C@H](O)C(=O)NO. The van der Waals surface area contributed by atoms with Gasteiger partial charge in [0.2, 0.25) is 17.6 Å². The Morgan fingerprint density at radius 1 is 1.10 bits per heavy atom. The van der Waals surface area contributed by atoms with E-state index in [-0.39, 0.29) is 24.1 Å². The molecule has 0 fully saturated rings. The maximum atomic E-state index is 12.9. The van der Waals surface area contributed by atoms with Gasteiger partial charge in [-0.2, -0.15) is 4.98 Å². The molecule has 0 saturated heterocycles. The Hall–Kier alpha value is -2.78. The lowest BCUT2D eigenvalue weighted by atomic mass is 9.90. The van der Waals surface area contributed by atoms with Crippen LogP contribution in [0.15, 0.2) is 34.9 Å². The van der Waals surface area contributed by atoms with Gasteiger partial charge < -0.3 is 14.9 Å². The molecule has 1 heterocycles. The van der Waals surface area contributed by atoms with Crippen LogP contribution in [0.1, 0.15) is 46.0 Å². The van der Waals surface area contributed by atoms with E-state index in [1.807, 2.05) is 58.0 Å². The Labute approximate surface area is 169 Å². The number of aromatic nitrogens is 2. The predicted octanol–water partition coefficient (Wildman–Crippen LogP) is 2.08. The molecule has 1 aromatic carbocycles. The van der Waals surface area contributed by atoms with E-state index in [4.69, 9.17) is 9.73 Å². The Balaban J connectivity index is 2.23. The minimum Gasteiger partial charge on any atom is -0.382 e. The fourth-order valence-electron chi connectivity index (χ4n) is 2.98. The van der Waals surface area contributed by atoms with Crippen LogP contribution >= 0.6 is 0 Å². The first kappa shape index (κ1) is 22.5. The quantitative estimate of drug-likeness (QED) is 0.371. The molecule has 1 aromatic heterocycles. The molecular formula is C20H28N4O5. The third kappa shape index (κ3) is 5.85. The molecule has 0 radical (unpaired) electrons. The summed E-state index contributed by atoms with van der Waals surface area (Å²) in [6, 6.07) is 8.69. The minimum absolute atomic E-state index is 0.0393. The highest BCUT2D eigenvalue weighted by Crippen LogP contribution is 2.25. The number of rotatable bonds is 9. The number of amides is 2. The standard InChI is InChI=1S/C20H28N4O5/c1-11(2)10-14(16(25)19(27)23-28)18(26)21-15(12(3)4)20-22-17(24-29-20)13-8-6-5-7-9-13/h5-9,11-12,14-16,25,28H,10H2,1-4H3,(H,21,26)(H,23,27)/t14-,15+,16+/m1/s1. The smallest absolute Gasteiger partial charge is 0.272 e. The van der Waals surface area contributed by atoms with E-state index in [1.165, 1.54) is 5.48 Å². The summed E-state index contributed by atoms with van der Waals surface area (Å²) >= 11 is 0. The van der Waals surface area contributed by atoms with E-state index >= 15 is 0 Å². The average Bonchev–Trinajstić information content (AvgIpc) is 3.19. The van der Waals surface area contributed by atoms with Gasteiger partial charge >= 0.3 is 0 Å².